The zero-order valence-electron chi connectivity index (χ0n) is 13.6. The first-order chi connectivity index (χ1) is 11.7. The Morgan fingerprint density at radius 3 is 2.62 bits per heavy atom. The van der Waals surface area contributed by atoms with Gasteiger partial charge in [0.25, 0.3) is 0 Å². The van der Waals surface area contributed by atoms with Crippen molar-refractivity contribution >= 4 is 22.6 Å². The first-order valence-electron chi connectivity index (χ1n) is 8.04. The topological polar surface area (TPSA) is 46.1 Å². The summed E-state index contributed by atoms with van der Waals surface area (Å²) in [6.45, 7) is 3.40. The Labute approximate surface area is 140 Å². The van der Waals surface area contributed by atoms with Crippen LogP contribution >= 0.6 is 0 Å². The molecule has 0 saturated carbocycles. The molecule has 1 aromatic heterocycles. The molecule has 2 aromatic carbocycles. The molecule has 4 nitrogen and oxygen atoms in total. The normalized spacial score (nSPS) is 10.8. The predicted octanol–water partition coefficient (Wildman–Crippen LogP) is 4.16. The summed E-state index contributed by atoms with van der Waals surface area (Å²) in [6, 6.07) is 14.0. The van der Waals surface area contributed by atoms with Gasteiger partial charge >= 0.3 is 6.03 Å². The summed E-state index contributed by atoms with van der Waals surface area (Å²) in [5.41, 5.74) is 2.88. The minimum Gasteiger partial charge on any atom is -0.346 e. The van der Waals surface area contributed by atoms with Crippen molar-refractivity contribution in [3.05, 3.63) is 66.1 Å². The summed E-state index contributed by atoms with van der Waals surface area (Å²) >= 11 is 0. The molecule has 0 saturated heterocycles. The van der Waals surface area contributed by atoms with E-state index in [-0.39, 0.29) is 11.8 Å². The van der Waals surface area contributed by atoms with Gasteiger partial charge in [0.1, 0.15) is 5.82 Å². The number of nitrogens with zero attached hydrogens (tertiary/aromatic N) is 1. The molecule has 3 rings (SSSR count). The smallest absolute Gasteiger partial charge is 0.319 e. The first kappa shape index (κ1) is 16.1. The van der Waals surface area contributed by atoms with Crippen molar-refractivity contribution in [2.75, 3.05) is 11.9 Å². The average Bonchev–Trinajstić information content (AvgIpc) is 2.95. The fraction of sp³-hybridized carbons (Fsp3) is 0.211. The summed E-state index contributed by atoms with van der Waals surface area (Å²) in [5, 5.41) is 6.76. The number of aromatic nitrogens is 1. The number of benzene rings is 2. The minimum atomic E-state index is -0.253. The van der Waals surface area contributed by atoms with E-state index < -0.39 is 0 Å². The van der Waals surface area contributed by atoms with Crippen molar-refractivity contribution in [2.45, 2.75) is 19.9 Å². The van der Waals surface area contributed by atoms with Crippen molar-refractivity contribution < 1.29 is 9.18 Å². The van der Waals surface area contributed by atoms with Crippen molar-refractivity contribution in [2.24, 2.45) is 0 Å². The fourth-order valence-electron chi connectivity index (χ4n) is 2.75. The highest BCUT2D eigenvalue weighted by Crippen LogP contribution is 2.25. The Hall–Kier alpha value is -2.82. The molecule has 0 bridgehead atoms. The standard InChI is InChI=1S/C19H20FN3O/c1-2-23-13-17(16-5-3-4-6-18(16)23)22-19(24)21-12-11-14-7-9-15(20)10-8-14/h3-10,13H,2,11-12H2,1H3,(H2,21,22,24). The summed E-state index contributed by atoms with van der Waals surface area (Å²) in [6.07, 6.45) is 2.61. The Kier molecular flexibility index (Phi) is 4.79. The third kappa shape index (κ3) is 3.56. The van der Waals surface area contributed by atoms with Crippen LogP contribution in [0.2, 0.25) is 0 Å². The van der Waals surface area contributed by atoms with Crippen LogP contribution in [0.5, 0.6) is 0 Å². The van der Waals surface area contributed by atoms with Gasteiger partial charge in [-0.25, -0.2) is 9.18 Å². The van der Waals surface area contributed by atoms with Crippen LogP contribution in [0.25, 0.3) is 10.9 Å². The van der Waals surface area contributed by atoms with Crippen LogP contribution in [0.1, 0.15) is 12.5 Å². The van der Waals surface area contributed by atoms with Crippen LogP contribution in [0.15, 0.2) is 54.7 Å². The number of rotatable bonds is 5. The number of carbonyl (C=O) groups excluding carboxylic acids is 1. The Balaban J connectivity index is 1.60. The van der Waals surface area contributed by atoms with Crippen LogP contribution in [-0.4, -0.2) is 17.1 Å². The second-order valence-corrected chi connectivity index (χ2v) is 5.60. The summed E-state index contributed by atoms with van der Waals surface area (Å²) in [7, 11) is 0. The van der Waals surface area contributed by atoms with E-state index in [9.17, 15) is 9.18 Å². The maximum atomic E-state index is 12.9. The highest BCUT2D eigenvalue weighted by Gasteiger charge is 2.09. The molecule has 0 atom stereocenters. The van der Waals surface area contributed by atoms with Crippen molar-refractivity contribution in [3.63, 3.8) is 0 Å². The molecule has 0 spiro atoms. The molecule has 0 unspecified atom stereocenters. The van der Waals surface area contributed by atoms with Gasteiger partial charge in [0.15, 0.2) is 0 Å². The Bertz CT molecular complexity index is 839. The third-order valence-electron chi connectivity index (χ3n) is 3.99. The van der Waals surface area contributed by atoms with Gasteiger partial charge in [0.05, 0.1) is 11.2 Å². The molecule has 2 N–H and O–H groups in total. The second kappa shape index (κ2) is 7.17. The molecule has 5 heteroatoms. The number of urea groups is 1. The molecule has 0 aliphatic carbocycles. The molecular formula is C19H20FN3O. The molecule has 2 amide bonds. The molecular weight excluding hydrogens is 305 g/mol. The summed E-state index contributed by atoms with van der Waals surface area (Å²) < 4.78 is 15.0. The number of fused-ring (bicyclic) bond motifs is 1. The van der Waals surface area contributed by atoms with Crippen molar-refractivity contribution in [1.82, 2.24) is 9.88 Å². The van der Waals surface area contributed by atoms with Gasteiger partial charge in [0, 0.05) is 24.7 Å². The number of nitrogens with one attached hydrogen (secondary N) is 2. The molecule has 24 heavy (non-hydrogen) atoms. The number of para-hydroxylation sites is 1. The first-order valence-corrected chi connectivity index (χ1v) is 8.04. The van der Waals surface area contributed by atoms with Crippen molar-refractivity contribution in [3.8, 4) is 0 Å². The van der Waals surface area contributed by atoms with E-state index >= 15 is 0 Å². The van der Waals surface area contributed by atoms with E-state index in [1.54, 1.807) is 12.1 Å². The number of anilines is 1. The summed E-state index contributed by atoms with van der Waals surface area (Å²) in [5.74, 6) is -0.253. The molecule has 0 aliphatic rings. The largest absolute Gasteiger partial charge is 0.346 e. The van der Waals surface area contributed by atoms with Gasteiger partial charge in [-0.1, -0.05) is 30.3 Å². The van der Waals surface area contributed by atoms with E-state index in [1.165, 1.54) is 12.1 Å². The van der Waals surface area contributed by atoms with Gasteiger partial charge in [0.2, 0.25) is 0 Å². The van der Waals surface area contributed by atoms with Crippen LogP contribution in [0.4, 0.5) is 14.9 Å². The summed E-state index contributed by atoms with van der Waals surface area (Å²) in [4.78, 5) is 12.1. The van der Waals surface area contributed by atoms with E-state index in [2.05, 4.69) is 22.1 Å². The van der Waals surface area contributed by atoms with Crippen LogP contribution in [0, 0.1) is 5.82 Å². The van der Waals surface area contributed by atoms with E-state index in [0.29, 0.717) is 13.0 Å². The SMILES string of the molecule is CCn1cc(NC(=O)NCCc2ccc(F)cc2)c2ccccc21. The van der Waals surface area contributed by atoms with Crippen LogP contribution < -0.4 is 10.6 Å². The van der Waals surface area contributed by atoms with Gasteiger partial charge in [-0.2, -0.15) is 0 Å². The van der Waals surface area contributed by atoms with Gasteiger partial charge < -0.3 is 15.2 Å². The number of amides is 2. The number of hydrogen-bond acceptors (Lipinski definition) is 1. The van der Waals surface area contributed by atoms with Crippen LogP contribution in [0.3, 0.4) is 0 Å². The molecule has 1 heterocycles. The van der Waals surface area contributed by atoms with E-state index in [0.717, 1.165) is 28.7 Å². The number of halogens is 1. The number of aryl methyl sites for hydroxylation is 1. The highest BCUT2D eigenvalue weighted by molar-refractivity contribution is 6.01. The molecule has 0 fully saturated rings. The lowest BCUT2D eigenvalue weighted by atomic mass is 10.1. The fourth-order valence-corrected chi connectivity index (χ4v) is 2.75. The maximum absolute atomic E-state index is 12.9. The van der Waals surface area contributed by atoms with E-state index in [1.807, 2.05) is 30.5 Å². The maximum Gasteiger partial charge on any atom is 0.319 e. The molecule has 3 aromatic rings. The molecule has 124 valence electrons. The van der Waals surface area contributed by atoms with Crippen LogP contribution in [-0.2, 0) is 13.0 Å². The second-order valence-electron chi connectivity index (χ2n) is 5.60. The lowest BCUT2D eigenvalue weighted by molar-refractivity contribution is 0.252. The zero-order valence-corrected chi connectivity index (χ0v) is 13.6. The van der Waals surface area contributed by atoms with Gasteiger partial charge in [-0.3, -0.25) is 0 Å². The quantitative estimate of drug-likeness (QED) is 0.727. The third-order valence-corrected chi connectivity index (χ3v) is 3.99. The number of carbonyl (C=O) groups is 1. The lowest BCUT2D eigenvalue weighted by Crippen LogP contribution is -2.30. The monoisotopic (exact) mass is 325 g/mol. The number of hydrogen-bond donors (Lipinski definition) is 2. The molecule has 0 radical (unpaired) electrons. The van der Waals surface area contributed by atoms with E-state index in [4.69, 9.17) is 0 Å². The van der Waals surface area contributed by atoms with Gasteiger partial charge in [-0.15, -0.1) is 0 Å². The predicted molar refractivity (Wildman–Crippen MR) is 94.7 cm³/mol. The minimum absolute atomic E-state index is 0.240. The highest BCUT2D eigenvalue weighted by atomic mass is 19.1. The average molecular weight is 325 g/mol. The lowest BCUT2D eigenvalue weighted by Gasteiger charge is -2.07. The Morgan fingerprint density at radius 1 is 1.12 bits per heavy atom. The Morgan fingerprint density at radius 2 is 1.88 bits per heavy atom. The molecule has 0 aliphatic heterocycles. The van der Waals surface area contributed by atoms with Crippen molar-refractivity contribution in [1.29, 1.82) is 0 Å². The van der Waals surface area contributed by atoms with Gasteiger partial charge in [-0.05, 0) is 37.1 Å². The zero-order chi connectivity index (χ0) is 16.9.